The Morgan fingerprint density at radius 2 is 2.00 bits per heavy atom. The van der Waals surface area contributed by atoms with Crippen molar-refractivity contribution in [1.82, 2.24) is 4.98 Å². The first-order valence-corrected chi connectivity index (χ1v) is 4.87. The Balaban J connectivity index is 2.78. The van der Waals surface area contributed by atoms with E-state index in [1.807, 2.05) is 24.3 Å². The Bertz CT molecular complexity index is 413. The second kappa shape index (κ2) is 3.84. The van der Waals surface area contributed by atoms with Crippen molar-refractivity contribution in [2.75, 3.05) is 7.11 Å². The summed E-state index contributed by atoms with van der Waals surface area (Å²) in [6, 6.07) is 7.96. The van der Waals surface area contributed by atoms with Gasteiger partial charge < -0.3 is 4.74 Å². The quantitative estimate of drug-likeness (QED) is 0.707. The third-order valence-corrected chi connectivity index (χ3v) is 2.44. The standard InChI is InChI=1S/C11H10ClNO/c1-14-11-7-13-10(6-12)8-4-2-3-5-9(8)11/h2-5,7H,6H2,1H3. The fourth-order valence-corrected chi connectivity index (χ4v) is 1.71. The van der Waals surface area contributed by atoms with Gasteiger partial charge in [0.2, 0.25) is 0 Å². The van der Waals surface area contributed by atoms with E-state index in [9.17, 15) is 0 Å². The summed E-state index contributed by atoms with van der Waals surface area (Å²) in [4.78, 5) is 4.24. The molecule has 0 bridgehead atoms. The van der Waals surface area contributed by atoms with E-state index < -0.39 is 0 Å². The van der Waals surface area contributed by atoms with E-state index in [-0.39, 0.29) is 0 Å². The predicted molar refractivity (Wildman–Crippen MR) is 57.9 cm³/mol. The number of halogens is 1. The van der Waals surface area contributed by atoms with Gasteiger partial charge in [0.05, 0.1) is 24.9 Å². The number of rotatable bonds is 2. The number of alkyl halides is 1. The van der Waals surface area contributed by atoms with Gasteiger partial charge in [-0.25, -0.2) is 0 Å². The van der Waals surface area contributed by atoms with Crippen molar-refractivity contribution in [3.05, 3.63) is 36.2 Å². The topological polar surface area (TPSA) is 22.1 Å². The molecule has 0 saturated heterocycles. The van der Waals surface area contributed by atoms with E-state index in [0.29, 0.717) is 5.88 Å². The maximum absolute atomic E-state index is 5.80. The van der Waals surface area contributed by atoms with Gasteiger partial charge in [-0.05, 0) is 0 Å². The Labute approximate surface area is 87.5 Å². The van der Waals surface area contributed by atoms with Gasteiger partial charge >= 0.3 is 0 Å². The molecule has 0 saturated carbocycles. The van der Waals surface area contributed by atoms with Crippen LogP contribution in [-0.4, -0.2) is 12.1 Å². The van der Waals surface area contributed by atoms with Crippen LogP contribution in [0.3, 0.4) is 0 Å². The van der Waals surface area contributed by atoms with E-state index in [2.05, 4.69) is 4.98 Å². The summed E-state index contributed by atoms with van der Waals surface area (Å²) in [6.07, 6.45) is 1.71. The van der Waals surface area contributed by atoms with Gasteiger partial charge in [0.15, 0.2) is 0 Å². The number of aromatic nitrogens is 1. The molecule has 0 aliphatic heterocycles. The zero-order valence-electron chi connectivity index (χ0n) is 7.83. The SMILES string of the molecule is COc1cnc(CCl)c2ccccc12. The molecule has 2 nitrogen and oxygen atoms in total. The number of nitrogens with zero attached hydrogens (tertiary/aromatic N) is 1. The number of hydrogen-bond acceptors (Lipinski definition) is 2. The van der Waals surface area contributed by atoms with Crippen molar-refractivity contribution in [2.24, 2.45) is 0 Å². The normalized spacial score (nSPS) is 10.4. The summed E-state index contributed by atoms with van der Waals surface area (Å²) < 4.78 is 5.22. The van der Waals surface area contributed by atoms with Crippen molar-refractivity contribution in [3.63, 3.8) is 0 Å². The molecule has 0 atom stereocenters. The van der Waals surface area contributed by atoms with Gasteiger partial charge in [0.25, 0.3) is 0 Å². The molecule has 0 aliphatic carbocycles. The number of methoxy groups -OCH3 is 1. The molecule has 1 heterocycles. The molecule has 0 amide bonds. The largest absolute Gasteiger partial charge is 0.494 e. The van der Waals surface area contributed by atoms with E-state index in [1.54, 1.807) is 13.3 Å². The molecule has 0 spiro atoms. The van der Waals surface area contributed by atoms with Crippen LogP contribution in [0.25, 0.3) is 10.8 Å². The van der Waals surface area contributed by atoms with Crippen molar-refractivity contribution in [3.8, 4) is 5.75 Å². The smallest absolute Gasteiger partial charge is 0.144 e. The van der Waals surface area contributed by atoms with E-state index in [0.717, 1.165) is 22.2 Å². The summed E-state index contributed by atoms with van der Waals surface area (Å²) >= 11 is 5.80. The van der Waals surface area contributed by atoms with Crippen LogP contribution < -0.4 is 4.74 Å². The maximum Gasteiger partial charge on any atom is 0.144 e. The van der Waals surface area contributed by atoms with Crippen molar-refractivity contribution in [2.45, 2.75) is 5.88 Å². The molecule has 1 aromatic heterocycles. The highest BCUT2D eigenvalue weighted by Crippen LogP contribution is 2.26. The molecule has 72 valence electrons. The lowest BCUT2D eigenvalue weighted by atomic mass is 10.1. The summed E-state index contributed by atoms with van der Waals surface area (Å²) in [5, 5.41) is 2.11. The number of benzene rings is 1. The zero-order valence-corrected chi connectivity index (χ0v) is 8.58. The molecule has 3 heteroatoms. The summed E-state index contributed by atoms with van der Waals surface area (Å²) in [6.45, 7) is 0. The van der Waals surface area contributed by atoms with Gasteiger partial charge in [0.1, 0.15) is 5.75 Å². The van der Waals surface area contributed by atoms with E-state index in [4.69, 9.17) is 16.3 Å². The first kappa shape index (κ1) is 9.28. The fourth-order valence-electron chi connectivity index (χ4n) is 1.49. The monoisotopic (exact) mass is 207 g/mol. The third kappa shape index (κ3) is 1.42. The molecule has 2 rings (SSSR count). The van der Waals surface area contributed by atoms with Crippen molar-refractivity contribution < 1.29 is 4.74 Å². The fraction of sp³-hybridized carbons (Fsp3) is 0.182. The van der Waals surface area contributed by atoms with Gasteiger partial charge in [-0.3, -0.25) is 4.98 Å². The van der Waals surface area contributed by atoms with E-state index >= 15 is 0 Å². The third-order valence-electron chi connectivity index (χ3n) is 2.19. The van der Waals surface area contributed by atoms with Crippen molar-refractivity contribution in [1.29, 1.82) is 0 Å². The van der Waals surface area contributed by atoms with E-state index in [1.165, 1.54) is 0 Å². The van der Waals surface area contributed by atoms with Gasteiger partial charge in [-0.15, -0.1) is 11.6 Å². The molecular formula is C11H10ClNO. The molecule has 14 heavy (non-hydrogen) atoms. The average molecular weight is 208 g/mol. The molecule has 0 unspecified atom stereocenters. The second-order valence-electron chi connectivity index (χ2n) is 2.95. The molecule has 2 aromatic rings. The highest BCUT2D eigenvalue weighted by Gasteiger charge is 2.05. The summed E-state index contributed by atoms with van der Waals surface area (Å²) in [5.74, 6) is 1.21. The number of hydrogen-bond donors (Lipinski definition) is 0. The van der Waals surface area contributed by atoms with Crippen LogP contribution in [0, 0.1) is 0 Å². The molecule has 1 aromatic carbocycles. The molecule has 0 aliphatic rings. The van der Waals surface area contributed by atoms with Crippen LogP contribution in [0.5, 0.6) is 5.75 Å². The Morgan fingerprint density at radius 3 is 2.64 bits per heavy atom. The van der Waals surface area contributed by atoms with Crippen molar-refractivity contribution >= 4 is 22.4 Å². The van der Waals surface area contributed by atoms with Crippen LogP contribution >= 0.6 is 11.6 Å². The summed E-state index contributed by atoms with van der Waals surface area (Å²) in [7, 11) is 1.64. The van der Waals surface area contributed by atoms with Gasteiger partial charge in [0, 0.05) is 10.8 Å². The van der Waals surface area contributed by atoms with Crippen LogP contribution in [-0.2, 0) is 5.88 Å². The highest BCUT2D eigenvalue weighted by atomic mass is 35.5. The Morgan fingerprint density at radius 1 is 1.29 bits per heavy atom. The zero-order chi connectivity index (χ0) is 9.97. The molecule has 0 fully saturated rings. The lowest BCUT2D eigenvalue weighted by Gasteiger charge is -2.07. The minimum absolute atomic E-state index is 0.421. The van der Waals surface area contributed by atoms with Crippen LogP contribution in [0.4, 0.5) is 0 Å². The minimum Gasteiger partial charge on any atom is -0.494 e. The first-order valence-electron chi connectivity index (χ1n) is 4.33. The average Bonchev–Trinajstić information content (AvgIpc) is 2.27. The minimum atomic E-state index is 0.421. The summed E-state index contributed by atoms with van der Waals surface area (Å²) in [5.41, 5.74) is 0.892. The van der Waals surface area contributed by atoms with Gasteiger partial charge in [-0.1, -0.05) is 24.3 Å². The Hall–Kier alpha value is -1.28. The van der Waals surface area contributed by atoms with Gasteiger partial charge in [-0.2, -0.15) is 0 Å². The molecule has 0 radical (unpaired) electrons. The predicted octanol–water partition coefficient (Wildman–Crippen LogP) is 2.98. The second-order valence-corrected chi connectivity index (χ2v) is 3.22. The highest BCUT2D eigenvalue weighted by molar-refractivity contribution is 6.17. The molecule has 0 N–H and O–H groups in total. The first-order chi connectivity index (χ1) is 6.86. The number of pyridine rings is 1. The molecular weight excluding hydrogens is 198 g/mol. The van der Waals surface area contributed by atoms with Crippen LogP contribution in [0.15, 0.2) is 30.5 Å². The number of fused-ring (bicyclic) bond motifs is 1. The maximum atomic E-state index is 5.80. The van der Waals surface area contributed by atoms with Crippen LogP contribution in [0.2, 0.25) is 0 Å². The Kier molecular flexibility index (Phi) is 2.55. The number of ether oxygens (including phenoxy) is 1. The lowest BCUT2D eigenvalue weighted by Crippen LogP contribution is -1.91. The van der Waals surface area contributed by atoms with Crippen LogP contribution in [0.1, 0.15) is 5.69 Å². The lowest BCUT2D eigenvalue weighted by molar-refractivity contribution is 0.418.